The Kier molecular flexibility index (Phi) is 2.97. The second-order valence-electron chi connectivity index (χ2n) is 4.36. The van der Waals surface area contributed by atoms with Crippen molar-refractivity contribution in [2.75, 3.05) is 7.11 Å². The Hall–Kier alpha value is -2.27. The quantitative estimate of drug-likeness (QED) is 0.779. The fourth-order valence-electron chi connectivity index (χ4n) is 2.07. The number of aryl methyl sites for hydroxylation is 1. The van der Waals surface area contributed by atoms with Crippen LogP contribution in [0.5, 0.6) is 0 Å². The second kappa shape index (κ2) is 4.78. The molecule has 5 nitrogen and oxygen atoms in total. The SMILES string of the molecule is COCc1nc(-c2cccc3nc(C)ccc23)n[nH]1. The monoisotopic (exact) mass is 254 g/mol. The van der Waals surface area contributed by atoms with Crippen molar-refractivity contribution < 1.29 is 4.74 Å². The Bertz CT molecular complexity index is 720. The first-order valence-electron chi connectivity index (χ1n) is 6.05. The highest BCUT2D eigenvalue weighted by Gasteiger charge is 2.09. The van der Waals surface area contributed by atoms with Gasteiger partial charge in [0.1, 0.15) is 6.61 Å². The van der Waals surface area contributed by atoms with Gasteiger partial charge in [0.25, 0.3) is 0 Å². The summed E-state index contributed by atoms with van der Waals surface area (Å²) in [5.74, 6) is 1.39. The Morgan fingerprint density at radius 3 is 2.89 bits per heavy atom. The lowest BCUT2D eigenvalue weighted by Crippen LogP contribution is -1.90. The summed E-state index contributed by atoms with van der Waals surface area (Å²) in [6.45, 7) is 2.41. The molecule has 0 unspecified atom stereocenters. The molecule has 1 aromatic carbocycles. The van der Waals surface area contributed by atoms with E-state index in [9.17, 15) is 0 Å². The molecule has 19 heavy (non-hydrogen) atoms. The van der Waals surface area contributed by atoms with Crippen LogP contribution in [-0.2, 0) is 11.3 Å². The van der Waals surface area contributed by atoms with Crippen LogP contribution in [0.25, 0.3) is 22.3 Å². The molecule has 0 saturated heterocycles. The van der Waals surface area contributed by atoms with Crippen molar-refractivity contribution in [3.63, 3.8) is 0 Å². The van der Waals surface area contributed by atoms with Crippen LogP contribution in [0.15, 0.2) is 30.3 Å². The minimum absolute atomic E-state index is 0.426. The summed E-state index contributed by atoms with van der Waals surface area (Å²) in [6, 6.07) is 10.0. The first kappa shape index (κ1) is 11.8. The van der Waals surface area contributed by atoms with Crippen molar-refractivity contribution >= 4 is 10.9 Å². The molecule has 2 heterocycles. The van der Waals surface area contributed by atoms with Gasteiger partial charge in [-0.05, 0) is 19.1 Å². The Morgan fingerprint density at radius 1 is 1.16 bits per heavy atom. The zero-order valence-corrected chi connectivity index (χ0v) is 10.8. The fourth-order valence-corrected chi connectivity index (χ4v) is 2.07. The van der Waals surface area contributed by atoms with E-state index in [1.54, 1.807) is 7.11 Å². The summed E-state index contributed by atoms with van der Waals surface area (Å²) in [7, 11) is 1.63. The van der Waals surface area contributed by atoms with Gasteiger partial charge in [-0.15, -0.1) is 0 Å². The summed E-state index contributed by atoms with van der Waals surface area (Å²) in [4.78, 5) is 8.94. The predicted molar refractivity (Wildman–Crippen MR) is 72.6 cm³/mol. The van der Waals surface area contributed by atoms with Gasteiger partial charge in [0.15, 0.2) is 11.6 Å². The van der Waals surface area contributed by atoms with E-state index in [2.05, 4.69) is 26.2 Å². The standard InChI is InChI=1S/C14H14N4O/c1-9-6-7-10-11(4-3-5-12(10)15-9)14-16-13(8-19-2)17-18-14/h3-7H,8H2,1-2H3,(H,16,17,18). The Morgan fingerprint density at radius 2 is 2.05 bits per heavy atom. The van der Waals surface area contributed by atoms with Gasteiger partial charge in [-0.1, -0.05) is 18.2 Å². The molecule has 3 aromatic rings. The molecular formula is C14H14N4O. The van der Waals surface area contributed by atoms with E-state index >= 15 is 0 Å². The van der Waals surface area contributed by atoms with E-state index in [0.29, 0.717) is 12.4 Å². The van der Waals surface area contributed by atoms with Crippen molar-refractivity contribution in [1.82, 2.24) is 20.2 Å². The zero-order valence-electron chi connectivity index (χ0n) is 10.8. The van der Waals surface area contributed by atoms with E-state index in [1.165, 1.54) is 0 Å². The number of hydrogen-bond acceptors (Lipinski definition) is 4. The number of nitrogens with zero attached hydrogens (tertiary/aromatic N) is 3. The summed E-state index contributed by atoms with van der Waals surface area (Å²) >= 11 is 0. The lowest BCUT2D eigenvalue weighted by molar-refractivity contribution is 0.178. The van der Waals surface area contributed by atoms with Gasteiger partial charge in [-0.2, -0.15) is 5.10 Å². The average molecular weight is 254 g/mol. The number of H-pyrrole nitrogens is 1. The molecule has 0 saturated carbocycles. The highest BCUT2D eigenvalue weighted by atomic mass is 16.5. The summed E-state index contributed by atoms with van der Waals surface area (Å²) in [5, 5.41) is 8.16. The van der Waals surface area contributed by atoms with E-state index in [1.807, 2.05) is 31.2 Å². The van der Waals surface area contributed by atoms with Gasteiger partial charge in [0.05, 0.1) is 5.52 Å². The van der Waals surface area contributed by atoms with Crippen LogP contribution < -0.4 is 0 Å². The summed E-state index contributed by atoms with van der Waals surface area (Å²) < 4.78 is 5.03. The molecular weight excluding hydrogens is 240 g/mol. The number of fused-ring (bicyclic) bond motifs is 1. The van der Waals surface area contributed by atoms with Crippen molar-refractivity contribution in [2.24, 2.45) is 0 Å². The second-order valence-corrected chi connectivity index (χ2v) is 4.36. The van der Waals surface area contributed by atoms with E-state index in [-0.39, 0.29) is 0 Å². The normalized spacial score (nSPS) is 11.1. The predicted octanol–water partition coefficient (Wildman–Crippen LogP) is 2.47. The van der Waals surface area contributed by atoms with E-state index in [4.69, 9.17) is 4.74 Å². The molecule has 0 atom stereocenters. The maximum atomic E-state index is 5.03. The third-order valence-corrected chi connectivity index (χ3v) is 2.92. The topological polar surface area (TPSA) is 63.7 Å². The molecule has 0 radical (unpaired) electrons. The molecule has 96 valence electrons. The van der Waals surface area contributed by atoms with Crippen molar-refractivity contribution in [3.8, 4) is 11.4 Å². The molecule has 3 rings (SSSR count). The number of nitrogens with one attached hydrogen (secondary N) is 1. The van der Waals surface area contributed by atoms with Crippen LogP contribution in [0.2, 0.25) is 0 Å². The number of ether oxygens (including phenoxy) is 1. The van der Waals surface area contributed by atoms with Crippen LogP contribution in [-0.4, -0.2) is 27.3 Å². The molecule has 5 heteroatoms. The molecule has 0 aliphatic carbocycles. The van der Waals surface area contributed by atoms with Gasteiger partial charge >= 0.3 is 0 Å². The van der Waals surface area contributed by atoms with Crippen LogP contribution in [0.1, 0.15) is 11.5 Å². The van der Waals surface area contributed by atoms with Crippen molar-refractivity contribution in [1.29, 1.82) is 0 Å². The molecule has 0 spiro atoms. The lowest BCUT2D eigenvalue weighted by atomic mass is 10.1. The zero-order chi connectivity index (χ0) is 13.2. The minimum atomic E-state index is 0.426. The van der Waals surface area contributed by atoms with Gasteiger partial charge in [0, 0.05) is 23.8 Å². The highest BCUT2D eigenvalue weighted by molar-refractivity contribution is 5.92. The minimum Gasteiger partial charge on any atom is -0.377 e. The summed E-state index contributed by atoms with van der Waals surface area (Å²) in [6.07, 6.45) is 0. The van der Waals surface area contributed by atoms with E-state index in [0.717, 1.165) is 28.0 Å². The highest BCUT2D eigenvalue weighted by Crippen LogP contribution is 2.25. The molecule has 2 aromatic heterocycles. The lowest BCUT2D eigenvalue weighted by Gasteiger charge is -2.03. The largest absolute Gasteiger partial charge is 0.377 e. The van der Waals surface area contributed by atoms with Gasteiger partial charge in [-0.25, -0.2) is 4.98 Å². The number of pyridine rings is 1. The molecule has 0 aliphatic rings. The molecule has 0 fully saturated rings. The number of benzene rings is 1. The van der Waals surface area contributed by atoms with Crippen LogP contribution >= 0.6 is 0 Å². The van der Waals surface area contributed by atoms with Crippen LogP contribution in [0.4, 0.5) is 0 Å². The van der Waals surface area contributed by atoms with Gasteiger partial charge in [-0.3, -0.25) is 10.1 Å². The Labute approximate surface area is 110 Å². The number of rotatable bonds is 3. The van der Waals surface area contributed by atoms with Crippen molar-refractivity contribution in [3.05, 3.63) is 41.9 Å². The van der Waals surface area contributed by atoms with Crippen LogP contribution in [0, 0.1) is 6.92 Å². The molecule has 0 bridgehead atoms. The van der Waals surface area contributed by atoms with E-state index < -0.39 is 0 Å². The third-order valence-electron chi connectivity index (χ3n) is 2.92. The molecule has 0 amide bonds. The first-order chi connectivity index (χ1) is 9.28. The summed E-state index contributed by atoms with van der Waals surface area (Å²) in [5.41, 5.74) is 2.93. The van der Waals surface area contributed by atoms with Crippen molar-refractivity contribution in [2.45, 2.75) is 13.5 Å². The van der Waals surface area contributed by atoms with Gasteiger partial charge in [0.2, 0.25) is 0 Å². The molecule has 1 N–H and O–H groups in total. The average Bonchev–Trinajstić information content (AvgIpc) is 2.86. The third kappa shape index (κ3) is 2.20. The van der Waals surface area contributed by atoms with Crippen LogP contribution in [0.3, 0.4) is 0 Å². The smallest absolute Gasteiger partial charge is 0.181 e. The van der Waals surface area contributed by atoms with Gasteiger partial charge < -0.3 is 4.74 Å². The molecule has 0 aliphatic heterocycles. The fraction of sp³-hybridized carbons (Fsp3) is 0.214. The Balaban J connectivity index is 2.13. The number of hydrogen-bond donors (Lipinski definition) is 1. The number of aromatic amines is 1. The maximum Gasteiger partial charge on any atom is 0.181 e. The maximum absolute atomic E-state index is 5.03. The number of methoxy groups -OCH3 is 1. The first-order valence-corrected chi connectivity index (χ1v) is 6.05. The number of aromatic nitrogens is 4.